The van der Waals surface area contributed by atoms with Gasteiger partial charge in [-0.15, -0.1) is 11.3 Å². The van der Waals surface area contributed by atoms with E-state index in [4.69, 9.17) is 0 Å². The van der Waals surface area contributed by atoms with E-state index in [9.17, 15) is 51.1 Å². The number of phenols is 10. The predicted octanol–water partition coefficient (Wildman–Crippen LogP) is 2.33. The lowest BCUT2D eigenvalue weighted by atomic mass is 9.77. The van der Waals surface area contributed by atoms with Crippen molar-refractivity contribution in [1.82, 2.24) is 15.0 Å². The Morgan fingerprint density at radius 2 is 0.746 bits per heavy atom. The van der Waals surface area contributed by atoms with Gasteiger partial charge in [0.1, 0.15) is 59.8 Å². The maximum absolute atomic E-state index is 12.3. The second-order valence-corrected chi connectivity index (χ2v) is 16.2. The molecule has 0 radical (unpaired) electrons. The molecule has 18 heteroatoms. The van der Waals surface area contributed by atoms with Crippen LogP contribution in [0.15, 0.2) is 91.0 Å². The molecule has 10 N–H and O–H groups in total. The van der Waals surface area contributed by atoms with Crippen LogP contribution in [0.3, 0.4) is 0 Å². The summed E-state index contributed by atoms with van der Waals surface area (Å²) in [5.41, 5.74) is 2.62. The van der Waals surface area contributed by atoms with Crippen molar-refractivity contribution in [1.29, 1.82) is 0 Å². The average Bonchev–Trinajstić information content (AvgIpc) is 3.68. The zero-order valence-corrected chi connectivity index (χ0v) is 34.7. The lowest BCUT2D eigenvalue weighted by Gasteiger charge is -2.19. The van der Waals surface area contributed by atoms with Crippen molar-refractivity contribution in [2.24, 2.45) is 0 Å². The van der Waals surface area contributed by atoms with Crippen LogP contribution in [0.25, 0.3) is 87.7 Å². The third-order valence-electron chi connectivity index (χ3n) is 11.7. The van der Waals surface area contributed by atoms with Crippen molar-refractivity contribution in [3.05, 3.63) is 91.0 Å². The lowest BCUT2D eigenvalue weighted by molar-refractivity contribution is 0.364. The Bertz CT molecular complexity index is 3260. The molecule has 0 unspecified atom stereocenters. The van der Waals surface area contributed by atoms with Gasteiger partial charge in [0.15, 0.2) is 52.0 Å². The van der Waals surface area contributed by atoms with E-state index in [-0.39, 0.29) is 38.5 Å². The van der Waals surface area contributed by atoms with Crippen LogP contribution in [0.2, 0.25) is 0 Å². The van der Waals surface area contributed by atoms with Crippen LogP contribution >= 0.6 is 11.3 Å². The zero-order valence-electron chi connectivity index (χ0n) is 33.9. The Labute approximate surface area is 365 Å². The summed E-state index contributed by atoms with van der Waals surface area (Å²) in [6.45, 7) is 0. The van der Waals surface area contributed by atoms with Crippen LogP contribution in [0.5, 0.6) is 57.5 Å². The molecule has 0 bridgehead atoms. The van der Waals surface area contributed by atoms with Gasteiger partial charge < -0.3 is 51.1 Å². The van der Waals surface area contributed by atoms with E-state index < -0.39 is 86.1 Å². The number of fused-ring (bicyclic) bond motifs is 3. The number of rotatable bonds is 6. The van der Waals surface area contributed by atoms with E-state index in [0.717, 1.165) is 37.7 Å². The largest absolute Gasteiger partial charge is 0.508 e. The number of phenolic OH excluding ortho intramolecular Hbond substituents is 10. The minimum absolute atomic E-state index is 0.110. The van der Waals surface area contributed by atoms with Crippen LogP contribution < -0.4 is 21.9 Å². The normalized spacial score (nSPS) is 11.4. The maximum Gasteiger partial charge on any atom is 0.202 e. The molecule has 0 spiro atoms. The van der Waals surface area contributed by atoms with E-state index in [0.29, 0.717) is 4.70 Å². The van der Waals surface area contributed by atoms with Gasteiger partial charge in [0.25, 0.3) is 0 Å². The summed E-state index contributed by atoms with van der Waals surface area (Å²) in [4.78, 5) is 13.2. The lowest BCUT2D eigenvalue weighted by Crippen LogP contribution is -2.26. The maximum atomic E-state index is 12.3. The second-order valence-electron chi connectivity index (χ2n) is 15.2. The molecular formula is C45H33B4N3O10S. The standard InChI is InChI=1S/C45H33B4N3O10S/c46-27-24(32(54)30(49)39(61)37(27)59)43-50-44(52-45(51-43)26-33(55)28(47)29(48)38(60)35(26)57)25-31(53)23(34(56)40(62)36(25)58)22-11-5-10-21-20-9-4-8-19(41(20)63-42(21)22)18-14-12-17(13-15-18)16-6-2-1-3-7-16/h1-15,53-62H,46-49H2. The van der Waals surface area contributed by atoms with Crippen molar-refractivity contribution in [2.75, 3.05) is 0 Å². The van der Waals surface area contributed by atoms with Gasteiger partial charge in [-0.25, -0.2) is 15.0 Å². The van der Waals surface area contributed by atoms with Crippen LogP contribution in [0, 0.1) is 0 Å². The molecule has 0 atom stereocenters. The fraction of sp³-hybridized carbons (Fsp3) is 0. The van der Waals surface area contributed by atoms with Gasteiger partial charge in [-0.05, 0) is 44.1 Å². The van der Waals surface area contributed by atoms with Crippen molar-refractivity contribution in [3.63, 3.8) is 0 Å². The highest BCUT2D eigenvalue weighted by Crippen LogP contribution is 2.57. The Morgan fingerprint density at radius 3 is 1.37 bits per heavy atom. The number of nitrogens with zero attached hydrogens (tertiary/aromatic N) is 3. The Balaban J connectivity index is 1.29. The molecule has 0 aliphatic rings. The van der Waals surface area contributed by atoms with Gasteiger partial charge in [0.2, 0.25) is 5.75 Å². The summed E-state index contributed by atoms with van der Waals surface area (Å²) in [5, 5.41) is 114. The summed E-state index contributed by atoms with van der Waals surface area (Å²) in [6, 6.07) is 29.3. The Morgan fingerprint density at radius 1 is 0.317 bits per heavy atom. The first-order valence-electron chi connectivity index (χ1n) is 19.5. The molecule has 7 aromatic carbocycles. The Kier molecular flexibility index (Phi) is 9.55. The highest BCUT2D eigenvalue weighted by molar-refractivity contribution is 7.26. The summed E-state index contributed by atoms with van der Waals surface area (Å²) < 4.78 is 1.51. The van der Waals surface area contributed by atoms with Crippen molar-refractivity contribution >= 4 is 84.7 Å². The molecule has 0 saturated carbocycles. The topological polar surface area (TPSA) is 241 Å². The number of thiophene rings is 1. The first-order chi connectivity index (χ1) is 30.1. The third-order valence-corrected chi connectivity index (χ3v) is 13.0. The van der Waals surface area contributed by atoms with Gasteiger partial charge >= 0.3 is 0 Å². The fourth-order valence-electron chi connectivity index (χ4n) is 7.98. The number of aromatic hydroxyl groups is 10. The fourth-order valence-corrected chi connectivity index (χ4v) is 9.34. The molecular weight excluding hydrogens is 818 g/mol. The molecule has 306 valence electrons. The summed E-state index contributed by atoms with van der Waals surface area (Å²) in [5.74, 6) is -9.21. The van der Waals surface area contributed by atoms with Crippen molar-refractivity contribution in [3.8, 4) is 125 Å². The summed E-state index contributed by atoms with van der Waals surface area (Å²) >= 11 is 1.39. The van der Waals surface area contributed by atoms with Gasteiger partial charge in [-0.2, -0.15) is 0 Å². The Hall–Kier alpha value is -7.97. The molecule has 9 aromatic rings. The van der Waals surface area contributed by atoms with E-state index in [1.807, 2.05) is 66.7 Å². The van der Waals surface area contributed by atoms with Gasteiger partial charge in [0, 0.05) is 25.7 Å². The minimum atomic E-state index is -1.07. The van der Waals surface area contributed by atoms with Crippen LogP contribution in [-0.4, -0.2) is 97.4 Å². The number of aromatic nitrogens is 3. The van der Waals surface area contributed by atoms with Crippen LogP contribution in [0.1, 0.15) is 0 Å². The quantitative estimate of drug-likeness (QED) is 0.0658. The van der Waals surface area contributed by atoms with E-state index in [1.165, 1.54) is 42.7 Å². The third kappa shape index (κ3) is 6.16. The molecule has 2 heterocycles. The first-order valence-corrected chi connectivity index (χ1v) is 20.3. The molecule has 0 fully saturated rings. The molecule has 2 aromatic heterocycles. The molecule has 13 nitrogen and oxygen atoms in total. The predicted molar refractivity (Wildman–Crippen MR) is 255 cm³/mol. The zero-order chi connectivity index (χ0) is 44.8. The van der Waals surface area contributed by atoms with E-state index in [1.54, 1.807) is 12.1 Å². The summed E-state index contributed by atoms with van der Waals surface area (Å²) in [6.07, 6.45) is 0. The van der Waals surface area contributed by atoms with Gasteiger partial charge in [-0.3, -0.25) is 0 Å². The molecule has 9 rings (SSSR count). The number of hydrogen-bond acceptors (Lipinski definition) is 14. The first kappa shape index (κ1) is 40.4. The van der Waals surface area contributed by atoms with Gasteiger partial charge in [0.05, 0.1) is 11.1 Å². The minimum Gasteiger partial charge on any atom is -0.508 e. The van der Waals surface area contributed by atoms with E-state index >= 15 is 0 Å². The van der Waals surface area contributed by atoms with E-state index in [2.05, 4.69) is 27.1 Å². The average molecular weight is 851 g/mol. The SMILES string of the molecule is Bc1c(B)c(O)c(-c2nc(-c3c(B)c(O)c(O)c(B)c3O)nc(-c3c(O)c(O)c(O)c(-c4cccc5c4sc4c(-c6ccc(-c7ccccc7)cc6)cccc45)c3O)n2)c(O)c1O. The second kappa shape index (κ2) is 14.9. The monoisotopic (exact) mass is 851 g/mol. The van der Waals surface area contributed by atoms with Crippen LogP contribution in [0.4, 0.5) is 0 Å². The van der Waals surface area contributed by atoms with Gasteiger partial charge in [-0.1, -0.05) is 91.0 Å². The smallest absolute Gasteiger partial charge is 0.202 e. The highest BCUT2D eigenvalue weighted by Gasteiger charge is 2.32. The molecule has 0 aliphatic heterocycles. The summed E-state index contributed by atoms with van der Waals surface area (Å²) in [7, 11) is 5.59. The van der Waals surface area contributed by atoms with Crippen LogP contribution in [-0.2, 0) is 0 Å². The number of hydrogen-bond donors (Lipinski definition) is 10. The molecule has 0 saturated heterocycles. The molecule has 63 heavy (non-hydrogen) atoms. The highest BCUT2D eigenvalue weighted by atomic mass is 32.1. The van der Waals surface area contributed by atoms with Crippen molar-refractivity contribution in [2.45, 2.75) is 0 Å². The molecule has 0 aliphatic carbocycles. The number of benzene rings is 7. The molecule has 0 amide bonds. The van der Waals surface area contributed by atoms with Crippen molar-refractivity contribution < 1.29 is 51.1 Å².